The van der Waals surface area contributed by atoms with Crippen molar-refractivity contribution in [1.82, 2.24) is 0 Å². The first-order valence-electron chi connectivity index (χ1n) is 21.9. The van der Waals surface area contributed by atoms with Crippen molar-refractivity contribution in [2.75, 3.05) is 13.2 Å². The first-order valence-corrected chi connectivity index (χ1v) is 21.9. The molecule has 294 valence electrons. The smallest absolute Gasteiger partial charge is 0.306 e. The summed E-state index contributed by atoms with van der Waals surface area (Å²) in [5.41, 5.74) is 0. The number of esters is 2. The molecule has 0 heterocycles. The molecule has 0 amide bonds. The van der Waals surface area contributed by atoms with E-state index in [-0.39, 0.29) is 25.2 Å². The number of rotatable bonds is 40. The van der Waals surface area contributed by atoms with Gasteiger partial charge >= 0.3 is 11.9 Å². The maximum atomic E-state index is 12.2. The maximum absolute atomic E-state index is 12.2. The van der Waals surface area contributed by atoms with Crippen LogP contribution in [-0.2, 0) is 19.1 Å². The Hall–Kier alpha value is -1.62. The largest absolute Gasteiger partial charge is 0.462 e. The molecule has 0 aromatic carbocycles. The molecule has 0 aromatic rings. The summed E-state index contributed by atoms with van der Waals surface area (Å²) in [5.74, 6) is -0.588. The first-order chi connectivity index (χ1) is 24.6. The van der Waals surface area contributed by atoms with Gasteiger partial charge in [0.15, 0.2) is 6.10 Å². The van der Waals surface area contributed by atoms with Crippen molar-refractivity contribution in [3.05, 3.63) is 24.3 Å². The summed E-state index contributed by atoms with van der Waals surface area (Å²) in [7, 11) is 0. The van der Waals surface area contributed by atoms with Crippen LogP contribution in [-0.4, -0.2) is 36.4 Å². The van der Waals surface area contributed by atoms with Crippen LogP contribution in [0.1, 0.15) is 232 Å². The summed E-state index contributed by atoms with van der Waals surface area (Å²) in [4.78, 5) is 24.3. The Morgan fingerprint density at radius 1 is 0.440 bits per heavy atom. The van der Waals surface area contributed by atoms with Crippen molar-refractivity contribution >= 4 is 11.9 Å². The summed E-state index contributed by atoms with van der Waals surface area (Å²) in [5, 5.41) is 9.57. The number of aliphatic hydroxyl groups is 1. The highest BCUT2D eigenvalue weighted by Crippen LogP contribution is 2.15. The van der Waals surface area contributed by atoms with E-state index in [9.17, 15) is 14.7 Å². The molecule has 0 spiro atoms. The van der Waals surface area contributed by atoms with E-state index in [4.69, 9.17) is 9.47 Å². The van der Waals surface area contributed by atoms with E-state index in [2.05, 4.69) is 38.2 Å². The summed E-state index contributed by atoms with van der Waals surface area (Å²) in [6.45, 7) is 4.13. The van der Waals surface area contributed by atoms with Crippen LogP contribution in [0.5, 0.6) is 0 Å². The predicted molar refractivity (Wildman–Crippen MR) is 215 cm³/mol. The number of aliphatic hydroxyl groups excluding tert-OH is 1. The number of hydrogen-bond acceptors (Lipinski definition) is 5. The number of ether oxygens (including phenoxy) is 2. The Balaban J connectivity index is 3.50. The highest BCUT2D eigenvalue weighted by molar-refractivity contribution is 5.70. The summed E-state index contributed by atoms with van der Waals surface area (Å²) >= 11 is 0. The zero-order valence-electron chi connectivity index (χ0n) is 33.4. The number of allylic oxidation sites excluding steroid dienone is 4. The minimum absolute atomic E-state index is 0.0644. The third-order valence-corrected chi connectivity index (χ3v) is 9.72. The standard InChI is InChI=1S/C45H84O5/c1-3-5-7-9-11-13-15-17-19-20-21-22-23-24-26-27-29-31-33-35-37-39-44(47)49-42-43(41-46)50-45(48)40-38-36-34-32-30-28-25-18-16-14-12-10-8-6-4-2/h14,16-17,19,43,46H,3-13,15,18,20-42H2,1-2H3. The third kappa shape index (κ3) is 39.2. The second-order valence-electron chi connectivity index (χ2n) is 14.8. The van der Waals surface area contributed by atoms with Crippen LogP contribution >= 0.6 is 0 Å². The summed E-state index contributed by atoms with van der Waals surface area (Å²) < 4.78 is 10.6. The van der Waals surface area contributed by atoms with Crippen molar-refractivity contribution in [2.24, 2.45) is 0 Å². The Labute approximate surface area is 311 Å². The normalized spacial score (nSPS) is 12.3. The predicted octanol–water partition coefficient (Wildman–Crippen LogP) is 13.8. The van der Waals surface area contributed by atoms with E-state index in [0.717, 1.165) is 38.5 Å². The van der Waals surface area contributed by atoms with Gasteiger partial charge in [-0.15, -0.1) is 0 Å². The molecule has 0 saturated heterocycles. The first kappa shape index (κ1) is 48.4. The van der Waals surface area contributed by atoms with Crippen molar-refractivity contribution in [3.8, 4) is 0 Å². The van der Waals surface area contributed by atoms with Crippen LogP contribution < -0.4 is 0 Å². The molecule has 0 saturated carbocycles. The fourth-order valence-corrected chi connectivity index (χ4v) is 6.37. The summed E-state index contributed by atoms with van der Waals surface area (Å²) in [6, 6.07) is 0. The number of hydrogen-bond donors (Lipinski definition) is 1. The second-order valence-corrected chi connectivity index (χ2v) is 14.8. The lowest BCUT2D eigenvalue weighted by Crippen LogP contribution is -2.28. The third-order valence-electron chi connectivity index (χ3n) is 9.72. The molecule has 5 heteroatoms. The molecule has 0 aliphatic rings. The molecule has 1 N–H and O–H groups in total. The molecule has 0 fully saturated rings. The van der Waals surface area contributed by atoms with E-state index in [1.165, 1.54) is 167 Å². The summed E-state index contributed by atoms with van der Waals surface area (Å²) in [6.07, 6.45) is 49.6. The average molecular weight is 705 g/mol. The van der Waals surface area contributed by atoms with E-state index in [0.29, 0.717) is 12.8 Å². The van der Waals surface area contributed by atoms with Crippen molar-refractivity contribution in [3.63, 3.8) is 0 Å². The van der Waals surface area contributed by atoms with Gasteiger partial charge in [-0.3, -0.25) is 9.59 Å². The van der Waals surface area contributed by atoms with Crippen LogP contribution in [0.2, 0.25) is 0 Å². The van der Waals surface area contributed by atoms with E-state index in [1.54, 1.807) is 0 Å². The Kier molecular flexibility index (Phi) is 40.4. The molecule has 0 aliphatic carbocycles. The van der Waals surface area contributed by atoms with Gasteiger partial charge in [0, 0.05) is 12.8 Å². The minimum Gasteiger partial charge on any atom is -0.462 e. The molecule has 0 radical (unpaired) electrons. The van der Waals surface area contributed by atoms with Crippen LogP contribution in [0.15, 0.2) is 24.3 Å². The average Bonchev–Trinajstić information content (AvgIpc) is 3.12. The van der Waals surface area contributed by atoms with E-state index in [1.807, 2.05) is 0 Å². The number of carbonyl (C=O) groups is 2. The fourth-order valence-electron chi connectivity index (χ4n) is 6.37. The monoisotopic (exact) mass is 705 g/mol. The molecule has 1 atom stereocenters. The van der Waals surface area contributed by atoms with Crippen LogP contribution in [0.25, 0.3) is 0 Å². The number of carbonyl (C=O) groups excluding carboxylic acids is 2. The van der Waals surface area contributed by atoms with Crippen LogP contribution in [0.4, 0.5) is 0 Å². The zero-order chi connectivity index (χ0) is 36.4. The van der Waals surface area contributed by atoms with Crippen molar-refractivity contribution in [2.45, 2.75) is 238 Å². The molecular weight excluding hydrogens is 620 g/mol. The van der Waals surface area contributed by atoms with E-state index >= 15 is 0 Å². The fraction of sp³-hybridized carbons (Fsp3) is 0.867. The van der Waals surface area contributed by atoms with Crippen molar-refractivity contribution < 1.29 is 24.2 Å². The van der Waals surface area contributed by atoms with Gasteiger partial charge < -0.3 is 14.6 Å². The molecule has 0 aromatic heterocycles. The second kappa shape index (κ2) is 41.8. The lowest BCUT2D eigenvalue weighted by atomic mass is 10.0. The molecule has 0 aliphatic heterocycles. The highest BCUT2D eigenvalue weighted by atomic mass is 16.6. The van der Waals surface area contributed by atoms with Crippen LogP contribution in [0, 0.1) is 0 Å². The van der Waals surface area contributed by atoms with E-state index < -0.39 is 6.10 Å². The molecular formula is C45H84O5. The Morgan fingerprint density at radius 2 is 0.740 bits per heavy atom. The molecule has 5 nitrogen and oxygen atoms in total. The lowest BCUT2D eigenvalue weighted by molar-refractivity contribution is -0.161. The molecule has 0 rings (SSSR count). The maximum Gasteiger partial charge on any atom is 0.306 e. The molecule has 1 unspecified atom stereocenters. The van der Waals surface area contributed by atoms with Crippen LogP contribution in [0.3, 0.4) is 0 Å². The van der Waals surface area contributed by atoms with Gasteiger partial charge in [0.25, 0.3) is 0 Å². The topological polar surface area (TPSA) is 72.8 Å². The lowest BCUT2D eigenvalue weighted by Gasteiger charge is -2.15. The van der Waals surface area contributed by atoms with Crippen molar-refractivity contribution in [1.29, 1.82) is 0 Å². The molecule has 0 bridgehead atoms. The quantitative estimate of drug-likeness (QED) is 0.0390. The zero-order valence-corrected chi connectivity index (χ0v) is 33.4. The highest BCUT2D eigenvalue weighted by Gasteiger charge is 2.16. The Bertz CT molecular complexity index is 761. The molecule has 50 heavy (non-hydrogen) atoms. The van der Waals surface area contributed by atoms with Gasteiger partial charge in [0.2, 0.25) is 0 Å². The van der Waals surface area contributed by atoms with Gasteiger partial charge in [-0.25, -0.2) is 0 Å². The van der Waals surface area contributed by atoms with Gasteiger partial charge in [-0.05, 0) is 64.2 Å². The van der Waals surface area contributed by atoms with Gasteiger partial charge in [0.1, 0.15) is 6.61 Å². The SMILES string of the molecule is CCCCCCC=CCCCCCCCCCC(=O)OC(CO)COC(=O)CCCCCCCCCCCCCC=CCCCCCCCC. The van der Waals surface area contributed by atoms with Gasteiger partial charge in [-0.1, -0.05) is 179 Å². The van der Waals surface area contributed by atoms with Gasteiger partial charge in [-0.2, -0.15) is 0 Å². The minimum atomic E-state index is -0.770. The number of unbranched alkanes of at least 4 members (excludes halogenated alkanes) is 28. The Morgan fingerprint density at radius 3 is 1.10 bits per heavy atom. The van der Waals surface area contributed by atoms with Gasteiger partial charge in [0.05, 0.1) is 6.61 Å².